The van der Waals surface area contributed by atoms with E-state index in [9.17, 15) is 19.1 Å². The van der Waals surface area contributed by atoms with Gasteiger partial charge in [-0.2, -0.15) is 5.21 Å². The molecule has 0 fully saturated rings. The molecule has 28 heavy (non-hydrogen) atoms. The Balaban J connectivity index is 1.92. The van der Waals surface area contributed by atoms with Crippen LogP contribution in [0.25, 0.3) is 5.76 Å². The molecule has 3 aromatic rings. The number of carbonyl (C=O) groups excluding carboxylic acids is 2. The summed E-state index contributed by atoms with van der Waals surface area (Å²) in [5, 5.41) is 22.8. The molecule has 3 rings (SSSR count). The van der Waals surface area contributed by atoms with E-state index in [2.05, 4.69) is 20.6 Å². The maximum atomic E-state index is 13.1. The lowest BCUT2D eigenvalue weighted by Crippen LogP contribution is -2.12. The first-order chi connectivity index (χ1) is 13.5. The van der Waals surface area contributed by atoms with Crippen LogP contribution in [-0.2, 0) is 11.3 Å². The number of nitrogens with zero attached hydrogens (tertiary/aromatic N) is 4. The minimum Gasteiger partial charge on any atom is -0.507 e. The number of hydrogen-bond acceptors (Lipinski definition) is 7. The molecule has 2 heterocycles. The number of tetrazole rings is 1. The summed E-state index contributed by atoms with van der Waals surface area (Å²) in [4.78, 5) is 24.2. The number of allylic oxidation sites excluding steroid dienone is 1. The largest absolute Gasteiger partial charge is 0.507 e. The summed E-state index contributed by atoms with van der Waals surface area (Å²) < 4.78 is 19.7. The molecule has 0 spiro atoms. The third-order valence-corrected chi connectivity index (χ3v) is 3.78. The first-order valence-corrected chi connectivity index (χ1v) is 8.28. The van der Waals surface area contributed by atoms with Crippen molar-refractivity contribution in [2.24, 2.45) is 0 Å². The fraction of sp³-hybridized carbons (Fsp3) is 0.167. The van der Waals surface area contributed by atoms with Gasteiger partial charge >= 0.3 is 5.97 Å². The smallest absolute Gasteiger partial charge is 0.354 e. The minimum atomic E-state index is -0.657. The van der Waals surface area contributed by atoms with Gasteiger partial charge in [0.2, 0.25) is 11.6 Å². The van der Waals surface area contributed by atoms with Crippen LogP contribution in [0.5, 0.6) is 0 Å². The van der Waals surface area contributed by atoms with E-state index in [4.69, 9.17) is 4.74 Å². The van der Waals surface area contributed by atoms with Gasteiger partial charge in [-0.05, 0) is 35.9 Å². The van der Waals surface area contributed by atoms with Crippen LogP contribution in [0.1, 0.15) is 39.2 Å². The van der Waals surface area contributed by atoms with Crippen molar-refractivity contribution >= 4 is 17.5 Å². The maximum absolute atomic E-state index is 13.1. The first kappa shape index (κ1) is 19.0. The van der Waals surface area contributed by atoms with Crippen molar-refractivity contribution in [2.45, 2.75) is 13.5 Å². The summed E-state index contributed by atoms with van der Waals surface area (Å²) in [6.45, 7) is 2.08. The Morgan fingerprint density at radius 3 is 2.71 bits per heavy atom. The highest BCUT2D eigenvalue weighted by molar-refractivity contribution is 6.05. The van der Waals surface area contributed by atoms with Gasteiger partial charge in [-0.3, -0.25) is 4.79 Å². The molecule has 0 amide bonds. The second-order valence-corrected chi connectivity index (χ2v) is 5.72. The SMILES string of the molecule is CCOC(=O)c1cc(C(O)=CC(=O)c2nn[nH]n2)cn1Cc1ccc(F)cc1. The quantitative estimate of drug-likeness (QED) is 0.276. The number of aliphatic hydroxyl groups is 1. The predicted octanol–water partition coefficient (Wildman–Crippen LogP) is 2.15. The summed E-state index contributed by atoms with van der Waals surface area (Å²) in [6, 6.07) is 7.19. The molecule has 0 saturated heterocycles. The first-order valence-electron chi connectivity index (χ1n) is 8.28. The van der Waals surface area contributed by atoms with E-state index in [0.717, 1.165) is 11.6 Å². The molecule has 2 aromatic heterocycles. The average molecular weight is 385 g/mol. The van der Waals surface area contributed by atoms with Gasteiger partial charge < -0.3 is 14.4 Å². The lowest BCUT2D eigenvalue weighted by atomic mass is 10.2. The molecule has 2 N–H and O–H groups in total. The topological polar surface area (TPSA) is 123 Å². The van der Waals surface area contributed by atoms with Crippen molar-refractivity contribution in [2.75, 3.05) is 6.61 Å². The van der Waals surface area contributed by atoms with Crippen molar-refractivity contribution < 1.29 is 23.8 Å². The van der Waals surface area contributed by atoms with Gasteiger partial charge in [-0.25, -0.2) is 9.18 Å². The van der Waals surface area contributed by atoms with Crippen molar-refractivity contribution in [3.05, 3.63) is 71.1 Å². The lowest BCUT2D eigenvalue weighted by Gasteiger charge is -2.08. The summed E-state index contributed by atoms with van der Waals surface area (Å²) in [6.07, 6.45) is 2.42. The van der Waals surface area contributed by atoms with Crippen LogP contribution in [0.4, 0.5) is 4.39 Å². The molecule has 0 aliphatic rings. The second kappa shape index (κ2) is 8.25. The number of aliphatic hydroxyl groups excluding tert-OH is 1. The third-order valence-electron chi connectivity index (χ3n) is 3.78. The zero-order chi connectivity index (χ0) is 20.1. The molecule has 0 aliphatic heterocycles. The van der Waals surface area contributed by atoms with Crippen LogP contribution in [0.3, 0.4) is 0 Å². The molecular weight excluding hydrogens is 369 g/mol. The van der Waals surface area contributed by atoms with Crippen LogP contribution >= 0.6 is 0 Å². The van der Waals surface area contributed by atoms with Crippen LogP contribution in [0.15, 0.2) is 42.6 Å². The number of esters is 1. The number of aromatic amines is 1. The monoisotopic (exact) mass is 385 g/mol. The summed E-state index contributed by atoms with van der Waals surface area (Å²) in [5.74, 6) is -2.20. The van der Waals surface area contributed by atoms with Crippen molar-refractivity contribution in [1.82, 2.24) is 25.2 Å². The molecule has 9 nitrogen and oxygen atoms in total. The number of ketones is 1. The van der Waals surface area contributed by atoms with E-state index in [1.165, 1.54) is 24.4 Å². The summed E-state index contributed by atoms with van der Waals surface area (Å²) >= 11 is 0. The zero-order valence-corrected chi connectivity index (χ0v) is 14.8. The minimum absolute atomic E-state index is 0.174. The van der Waals surface area contributed by atoms with Gasteiger partial charge in [0.15, 0.2) is 0 Å². The summed E-state index contributed by atoms with van der Waals surface area (Å²) in [7, 11) is 0. The van der Waals surface area contributed by atoms with Gasteiger partial charge in [0.1, 0.15) is 17.3 Å². The molecule has 0 bridgehead atoms. The fourth-order valence-electron chi connectivity index (χ4n) is 2.48. The van der Waals surface area contributed by atoms with Crippen molar-refractivity contribution in [3.63, 3.8) is 0 Å². The zero-order valence-electron chi connectivity index (χ0n) is 14.8. The number of carbonyl (C=O) groups is 2. The third kappa shape index (κ3) is 4.29. The van der Waals surface area contributed by atoms with Gasteiger partial charge in [-0.15, -0.1) is 10.2 Å². The summed E-state index contributed by atoms with van der Waals surface area (Å²) in [5.41, 5.74) is 1.13. The predicted molar refractivity (Wildman–Crippen MR) is 95.0 cm³/mol. The molecule has 10 heteroatoms. The Labute approximate surface area is 158 Å². The van der Waals surface area contributed by atoms with E-state index in [1.54, 1.807) is 23.6 Å². The number of ether oxygens (including phenoxy) is 1. The Morgan fingerprint density at radius 2 is 2.07 bits per heavy atom. The van der Waals surface area contributed by atoms with Crippen molar-refractivity contribution in [1.29, 1.82) is 0 Å². The Hall–Kier alpha value is -3.82. The highest BCUT2D eigenvalue weighted by Crippen LogP contribution is 2.19. The molecule has 0 saturated carbocycles. The normalized spacial score (nSPS) is 11.4. The Bertz CT molecular complexity index is 1010. The highest BCUT2D eigenvalue weighted by atomic mass is 19.1. The number of aromatic nitrogens is 5. The Kier molecular flexibility index (Phi) is 5.58. The average Bonchev–Trinajstić information content (AvgIpc) is 3.34. The molecule has 0 atom stereocenters. The van der Waals surface area contributed by atoms with E-state index in [-0.39, 0.29) is 41.8 Å². The maximum Gasteiger partial charge on any atom is 0.354 e. The van der Waals surface area contributed by atoms with Crippen LogP contribution in [0, 0.1) is 5.82 Å². The number of hydrogen-bond donors (Lipinski definition) is 2. The number of nitrogens with one attached hydrogen (secondary N) is 1. The number of rotatable bonds is 7. The fourth-order valence-corrected chi connectivity index (χ4v) is 2.48. The number of benzene rings is 1. The molecule has 0 radical (unpaired) electrons. The van der Waals surface area contributed by atoms with Gasteiger partial charge in [-0.1, -0.05) is 12.1 Å². The second-order valence-electron chi connectivity index (χ2n) is 5.72. The number of H-pyrrole nitrogens is 1. The molecular formula is C18H16FN5O4. The van der Waals surface area contributed by atoms with Crippen LogP contribution in [0.2, 0.25) is 0 Å². The van der Waals surface area contributed by atoms with Gasteiger partial charge in [0, 0.05) is 24.4 Å². The van der Waals surface area contributed by atoms with Crippen LogP contribution < -0.4 is 0 Å². The van der Waals surface area contributed by atoms with Gasteiger partial charge in [0.05, 0.1) is 6.61 Å². The highest BCUT2D eigenvalue weighted by Gasteiger charge is 2.18. The van der Waals surface area contributed by atoms with Crippen molar-refractivity contribution in [3.8, 4) is 0 Å². The lowest BCUT2D eigenvalue weighted by molar-refractivity contribution is 0.0514. The molecule has 1 aromatic carbocycles. The van der Waals surface area contributed by atoms with E-state index < -0.39 is 11.8 Å². The van der Waals surface area contributed by atoms with E-state index in [1.807, 2.05) is 0 Å². The standard InChI is InChI=1S/C18H16FN5O4/c1-2-28-18(27)14-7-12(15(25)8-16(26)17-20-22-23-21-17)10-24(14)9-11-3-5-13(19)6-4-11/h3-8,10,25H,2,9H2,1H3,(H,20,21,22,23). The van der Waals surface area contributed by atoms with E-state index >= 15 is 0 Å². The Morgan fingerprint density at radius 1 is 1.32 bits per heavy atom. The van der Waals surface area contributed by atoms with Gasteiger partial charge in [0.25, 0.3) is 0 Å². The molecule has 0 unspecified atom stereocenters. The molecule has 144 valence electrons. The number of halogens is 1. The van der Waals surface area contributed by atoms with Crippen LogP contribution in [-0.4, -0.2) is 48.7 Å². The molecule has 0 aliphatic carbocycles. The van der Waals surface area contributed by atoms with E-state index in [0.29, 0.717) is 0 Å².